The smallest absolute Gasteiger partial charge is 0.0812 e. The van der Waals surface area contributed by atoms with Crippen molar-refractivity contribution in [2.45, 2.75) is 53.1 Å². The van der Waals surface area contributed by atoms with Gasteiger partial charge in [0, 0.05) is 0 Å². The molecule has 1 saturated carbocycles. The highest BCUT2D eigenvalue weighted by atomic mass is 16.6. The molecule has 1 saturated heterocycles. The Morgan fingerprint density at radius 2 is 1.67 bits per heavy atom. The van der Waals surface area contributed by atoms with Crippen molar-refractivity contribution in [3.8, 4) is 0 Å². The fourth-order valence-electron chi connectivity index (χ4n) is 4.11. The molecule has 88 valence electrons. The Morgan fingerprint density at radius 1 is 1.13 bits per heavy atom. The van der Waals surface area contributed by atoms with Crippen molar-refractivity contribution in [2.75, 3.05) is 6.61 Å². The van der Waals surface area contributed by atoms with E-state index >= 15 is 0 Å². The van der Waals surface area contributed by atoms with E-state index < -0.39 is 0 Å². The summed E-state index contributed by atoms with van der Waals surface area (Å²) in [5.74, 6) is 4.57. The Hall–Kier alpha value is -0.0400. The van der Waals surface area contributed by atoms with Gasteiger partial charge in [-0.05, 0) is 48.9 Å². The first-order valence-electron chi connectivity index (χ1n) is 6.69. The van der Waals surface area contributed by atoms with Gasteiger partial charge in [-0.25, -0.2) is 0 Å². The minimum absolute atomic E-state index is 0.630. The van der Waals surface area contributed by atoms with Crippen molar-refractivity contribution in [1.29, 1.82) is 0 Å². The molecule has 0 bridgehead atoms. The van der Waals surface area contributed by atoms with Gasteiger partial charge in [-0.3, -0.25) is 0 Å². The predicted molar refractivity (Wildman–Crippen MR) is 63.7 cm³/mol. The van der Waals surface area contributed by atoms with Gasteiger partial charge in [0.2, 0.25) is 0 Å². The molecule has 0 radical (unpaired) electrons. The van der Waals surface area contributed by atoms with E-state index in [1.165, 1.54) is 19.3 Å². The van der Waals surface area contributed by atoms with Crippen LogP contribution in [0.2, 0.25) is 0 Å². The van der Waals surface area contributed by atoms with E-state index in [1.54, 1.807) is 0 Å². The molecule has 3 unspecified atom stereocenters. The minimum Gasteiger partial charge on any atom is -0.373 e. The quantitative estimate of drug-likeness (QED) is 0.647. The molecular weight excluding hydrogens is 184 g/mol. The van der Waals surface area contributed by atoms with Gasteiger partial charge in [0.25, 0.3) is 0 Å². The highest BCUT2D eigenvalue weighted by molar-refractivity contribution is 4.86. The maximum absolute atomic E-state index is 5.36. The Morgan fingerprint density at radius 3 is 2.07 bits per heavy atom. The number of hydrogen-bond donors (Lipinski definition) is 0. The average molecular weight is 210 g/mol. The van der Waals surface area contributed by atoms with Crippen LogP contribution in [0.1, 0.15) is 47.0 Å². The first kappa shape index (κ1) is 11.4. The van der Waals surface area contributed by atoms with E-state index in [9.17, 15) is 0 Å². The normalized spacial score (nSPS) is 45.8. The highest BCUT2D eigenvalue weighted by Crippen LogP contribution is 2.44. The summed E-state index contributed by atoms with van der Waals surface area (Å²) in [5.41, 5.74) is 0. The molecular formula is C14H26O. The largest absolute Gasteiger partial charge is 0.373 e. The summed E-state index contributed by atoms with van der Waals surface area (Å²) in [5, 5.41) is 0. The molecule has 2 rings (SSSR count). The summed E-state index contributed by atoms with van der Waals surface area (Å²) in [6.45, 7) is 10.7. The third-order valence-corrected chi connectivity index (χ3v) is 4.49. The first-order valence-corrected chi connectivity index (χ1v) is 6.69. The summed E-state index contributed by atoms with van der Waals surface area (Å²) in [7, 11) is 0. The number of ether oxygens (including phenoxy) is 1. The van der Waals surface area contributed by atoms with Crippen LogP contribution < -0.4 is 0 Å². The molecule has 0 aromatic heterocycles. The molecule has 1 heteroatoms. The van der Waals surface area contributed by atoms with Crippen molar-refractivity contribution < 1.29 is 4.74 Å². The van der Waals surface area contributed by atoms with E-state index in [4.69, 9.17) is 4.74 Å². The minimum atomic E-state index is 0.630. The second kappa shape index (κ2) is 4.45. The van der Waals surface area contributed by atoms with Gasteiger partial charge in [0.15, 0.2) is 0 Å². The SMILES string of the molecule is CC(C)C1C(C)CC(CC2CO2)CC1C. The molecule has 2 aliphatic rings. The fourth-order valence-corrected chi connectivity index (χ4v) is 4.11. The van der Waals surface area contributed by atoms with Gasteiger partial charge in [-0.1, -0.05) is 27.7 Å². The lowest BCUT2D eigenvalue weighted by molar-refractivity contribution is 0.0820. The first-order chi connectivity index (χ1) is 7.08. The molecule has 3 atom stereocenters. The summed E-state index contributed by atoms with van der Waals surface area (Å²) < 4.78 is 5.36. The van der Waals surface area contributed by atoms with Crippen LogP contribution in [0, 0.1) is 29.6 Å². The van der Waals surface area contributed by atoms with Crippen LogP contribution >= 0.6 is 0 Å². The van der Waals surface area contributed by atoms with Crippen molar-refractivity contribution in [3.05, 3.63) is 0 Å². The predicted octanol–water partition coefficient (Wildman–Crippen LogP) is 3.73. The Bertz CT molecular complexity index is 195. The van der Waals surface area contributed by atoms with E-state index in [2.05, 4.69) is 27.7 Å². The zero-order chi connectivity index (χ0) is 11.0. The average Bonchev–Trinajstić information content (AvgIpc) is 2.85. The van der Waals surface area contributed by atoms with Gasteiger partial charge >= 0.3 is 0 Å². The highest BCUT2D eigenvalue weighted by Gasteiger charge is 2.37. The van der Waals surface area contributed by atoms with Crippen molar-refractivity contribution >= 4 is 0 Å². The number of hydrogen-bond acceptors (Lipinski definition) is 1. The van der Waals surface area contributed by atoms with Gasteiger partial charge in [-0.2, -0.15) is 0 Å². The van der Waals surface area contributed by atoms with Gasteiger partial charge in [0.05, 0.1) is 12.7 Å². The fraction of sp³-hybridized carbons (Fsp3) is 1.00. The maximum atomic E-state index is 5.36. The Kier molecular flexibility index (Phi) is 3.39. The summed E-state index contributed by atoms with van der Waals surface area (Å²) in [4.78, 5) is 0. The number of rotatable bonds is 3. The van der Waals surface area contributed by atoms with E-state index in [0.29, 0.717) is 6.10 Å². The lowest BCUT2D eigenvalue weighted by atomic mass is 9.64. The molecule has 1 aliphatic carbocycles. The molecule has 1 aliphatic heterocycles. The molecule has 0 spiro atoms. The molecule has 1 nitrogen and oxygen atoms in total. The van der Waals surface area contributed by atoms with Gasteiger partial charge < -0.3 is 4.74 Å². The van der Waals surface area contributed by atoms with E-state index in [-0.39, 0.29) is 0 Å². The van der Waals surface area contributed by atoms with Crippen LogP contribution in [0.25, 0.3) is 0 Å². The van der Waals surface area contributed by atoms with Crippen molar-refractivity contribution in [1.82, 2.24) is 0 Å². The molecule has 0 aromatic carbocycles. The van der Waals surface area contributed by atoms with Crippen molar-refractivity contribution in [2.24, 2.45) is 29.6 Å². The van der Waals surface area contributed by atoms with Crippen LogP contribution in [-0.4, -0.2) is 12.7 Å². The van der Waals surface area contributed by atoms with E-state index in [1.807, 2.05) is 0 Å². The topological polar surface area (TPSA) is 12.5 Å². The Labute approximate surface area is 94.6 Å². The third kappa shape index (κ3) is 2.75. The van der Waals surface area contributed by atoms with Crippen LogP contribution in [-0.2, 0) is 4.74 Å². The monoisotopic (exact) mass is 210 g/mol. The van der Waals surface area contributed by atoms with Crippen LogP contribution in [0.15, 0.2) is 0 Å². The number of epoxide rings is 1. The van der Waals surface area contributed by atoms with Gasteiger partial charge in [0.1, 0.15) is 0 Å². The molecule has 0 aromatic rings. The van der Waals surface area contributed by atoms with E-state index in [0.717, 1.165) is 36.2 Å². The molecule has 0 N–H and O–H groups in total. The van der Waals surface area contributed by atoms with Crippen molar-refractivity contribution in [3.63, 3.8) is 0 Å². The van der Waals surface area contributed by atoms with Gasteiger partial charge in [-0.15, -0.1) is 0 Å². The lowest BCUT2D eigenvalue weighted by Gasteiger charge is -2.41. The molecule has 2 fully saturated rings. The molecule has 0 amide bonds. The van der Waals surface area contributed by atoms with Crippen LogP contribution in [0.3, 0.4) is 0 Å². The summed E-state index contributed by atoms with van der Waals surface area (Å²) in [6.07, 6.45) is 4.84. The maximum Gasteiger partial charge on any atom is 0.0812 e. The summed E-state index contributed by atoms with van der Waals surface area (Å²) in [6, 6.07) is 0. The van der Waals surface area contributed by atoms with Crippen LogP contribution in [0.4, 0.5) is 0 Å². The summed E-state index contributed by atoms with van der Waals surface area (Å²) >= 11 is 0. The van der Waals surface area contributed by atoms with Crippen LogP contribution in [0.5, 0.6) is 0 Å². The zero-order valence-electron chi connectivity index (χ0n) is 10.7. The Balaban J connectivity index is 1.89. The third-order valence-electron chi connectivity index (χ3n) is 4.49. The zero-order valence-corrected chi connectivity index (χ0v) is 10.7. The second-order valence-electron chi connectivity index (χ2n) is 6.30. The lowest BCUT2D eigenvalue weighted by Crippen LogP contribution is -2.33. The molecule has 15 heavy (non-hydrogen) atoms. The molecule has 1 heterocycles. The standard InChI is InChI=1S/C14H26O/c1-9(2)14-10(3)5-12(6-11(14)4)7-13-8-15-13/h9-14H,5-8H2,1-4H3. The second-order valence-corrected chi connectivity index (χ2v) is 6.30.